The average Bonchev–Trinajstić information content (AvgIpc) is 3.27. The van der Waals surface area contributed by atoms with E-state index < -0.39 is 28.1 Å². The maximum atomic E-state index is 13.7. The Bertz CT molecular complexity index is 1520. The molecule has 1 atom stereocenters. The standard InChI is InChI=1S/C28H22N2O5S/c31-27(32)26-23(20-11-4-1-5-12-20)17-10-18-24(26)25-19-29(36(34,35)22-15-8-3-9-16-22)28(33)30(25)21-13-6-2-7-14-21/h1-18,25H,19H2,(H,31,32). The number of urea groups is 1. The van der Waals surface area contributed by atoms with Crippen LogP contribution < -0.4 is 4.90 Å². The highest BCUT2D eigenvalue weighted by atomic mass is 32.2. The van der Waals surface area contributed by atoms with Crippen molar-refractivity contribution in [3.63, 3.8) is 0 Å². The lowest BCUT2D eigenvalue weighted by atomic mass is 9.91. The van der Waals surface area contributed by atoms with Crippen molar-refractivity contribution in [2.24, 2.45) is 0 Å². The van der Waals surface area contributed by atoms with Gasteiger partial charge in [0.2, 0.25) is 0 Å². The zero-order valence-corrected chi connectivity index (χ0v) is 19.9. The fourth-order valence-corrected chi connectivity index (χ4v) is 5.94. The van der Waals surface area contributed by atoms with Gasteiger partial charge in [-0.25, -0.2) is 22.3 Å². The minimum absolute atomic E-state index is 0.0106. The molecule has 0 saturated carbocycles. The maximum absolute atomic E-state index is 13.7. The van der Waals surface area contributed by atoms with Crippen LogP contribution in [0.15, 0.2) is 114 Å². The summed E-state index contributed by atoms with van der Waals surface area (Å²) in [7, 11) is -4.17. The topological polar surface area (TPSA) is 95.0 Å². The molecule has 4 aromatic rings. The van der Waals surface area contributed by atoms with Gasteiger partial charge in [-0.15, -0.1) is 0 Å². The van der Waals surface area contributed by atoms with Crippen LogP contribution in [0.2, 0.25) is 0 Å². The number of nitrogens with zero attached hydrogens (tertiary/aromatic N) is 2. The minimum Gasteiger partial charge on any atom is -0.478 e. The van der Waals surface area contributed by atoms with E-state index in [0.717, 1.165) is 4.31 Å². The third kappa shape index (κ3) is 4.01. The molecular formula is C28H22N2O5S. The highest BCUT2D eigenvalue weighted by Crippen LogP contribution is 2.40. The monoisotopic (exact) mass is 498 g/mol. The first kappa shape index (κ1) is 23.3. The van der Waals surface area contributed by atoms with Gasteiger partial charge in [0.05, 0.1) is 23.0 Å². The first-order valence-corrected chi connectivity index (χ1v) is 12.7. The molecule has 1 unspecified atom stereocenters. The Morgan fingerprint density at radius 2 is 1.36 bits per heavy atom. The zero-order chi connectivity index (χ0) is 25.3. The Morgan fingerprint density at radius 1 is 0.778 bits per heavy atom. The van der Waals surface area contributed by atoms with Gasteiger partial charge >= 0.3 is 12.0 Å². The van der Waals surface area contributed by atoms with Crippen molar-refractivity contribution in [1.29, 1.82) is 0 Å². The number of carbonyl (C=O) groups is 2. The first-order valence-electron chi connectivity index (χ1n) is 11.3. The minimum atomic E-state index is -4.17. The number of benzene rings is 4. The van der Waals surface area contributed by atoms with Gasteiger partial charge < -0.3 is 5.11 Å². The summed E-state index contributed by atoms with van der Waals surface area (Å²) >= 11 is 0. The van der Waals surface area contributed by atoms with Gasteiger partial charge in [0.1, 0.15) is 0 Å². The van der Waals surface area contributed by atoms with Crippen molar-refractivity contribution in [3.8, 4) is 11.1 Å². The Balaban J connectivity index is 1.69. The van der Waals surface area contributed by atoms with Crippen LogP contribution in [-0.4, -0.2) is 36.4 Å². The lowest BCUT2D eigenvalue weighted by molar-refractivity contribution is 0.0696. The number of hydrogen-bond acceptors (Lipinski definition) is 4. The van der Waals surface area contributed by atoms with Crippen molar-refractivity contribution < 1.29 is 23.1 Å². The number of carboxylic acid groups (broad SMARTS) is 1. The molecule has 1 saturated heterocycles. The molecular weight excluding hydrogens is 476 g/mol. The van der Waals surface area contributed by atoms with Gasteiger partial charge in [-0.3, -0.25) is 4.90 Å². The summed E-state index contributed by atoms with van der Waals surface area (Å²) in [4.78, 5) is 27.6. The van der Waals surface area contributed by atoms with Crippen molar-refractivity contribution in [2.75, 3.05) is 11.4 Å². The summed E-state index contributed by atoms with van der Waals surface area (Å²) in [6.07, 6.45) is 0. The SMILES string of the molecule is O=C(O)c1c(-c2ccccc2)cccc1C1CN(S(=O)(=O)c2ccccc2)C(=O)N1c1ccccc1. The highest BCUT2D eigenvalue weighted by Gasteiger charge is 2.46. The van der Waals surface area contributed by atoms with E-state index in [2.05, 4.69) is 0 Å². The number of rotatable bonds is 6. The molecule has 1 N–H and O–H groups in total. The predicted molar refractivity (Wildman–Crippen MR) is 136 cm³/mol. The summed E-state index contributed by atoms with van der Waals surface area (Å²) in [5, 5.41) is 10.3. The number of sulfonamides is 1. The van der Waals surface area contributed by atoms with Gasteiger partial charge in [-0.1, -0.05) is 84.9 Å². The van der Waals surface area contributed by atoms with Crippen LogP contribution in [-0.2, 0) is 10.0 Å². The quantitative estimate of drug-likeness (QED) is 0.383. The van der Waals surface area contributed by atoms with E-state index in [-0.39, 0.29) is 17.0 Å². The molecule has 1 aliphatic heterocycles. The third-order valence-electron chi connectivity index (χ3n) is 6.19. The first-order chi connectivity index (χ1) is 17.4. The number of aromatic carboxylic acids is 1. The Kier molecular flexibility index (Phi) is 6.03. The molecule has 180 valence electrons. The molecule has 1 aliphatic rings. The average molecular weight is 499 g/mol. The van der Waals surface area contributed by atoms with Gasteiger partial charge in [0.25, 0.3) is 10.0 Å². The van der Waals surface area contributed by atoms with Crippen LogP contribution in [0.4, 0.5) is 10.5 Å². The molecule has 0 radical (unpaired) electrons. The number of para-hydroxylation sites is 1. The molecule has 36 heavy (non-hydrogen) atoms. The van der Waals surface area contributed by atoms with Crippen LogP contribution in [0.1, 0.15) is 22.0 Å². The van der Waals surface area contributed by atoms with Gasteiger partial charge in [0, 0.05) is 5.69 Å². The molecule has 0 bridgehead atoms. The largest absolute Gasteiger partial charge is 0.478 e. The van der Waals surface area contributed by atoms with E-state index in [1.807, 2.05) is 30.3 Å². The normalized spacial score (nSPS) is 15.8. The van der Waals surface area contributed by atoms with Crippen LogP contribution >= 0.6 is 0 Å². The fraction of sp³-hybridized carbons (Fsp3) is 0.0714. The fourth-order valence-electron chi connectivity index (χ4n) is 4.55. The number of amides is 2. The second kappa shape index (κ2) is 9.31. The molecule has 0 aliphatic carbocycles. The molecule has 0 aromatic heterocycles. The second-order valence-corrected chi connectivity index (χ2v) is 10.2. The van der Waals surface area contributed by atoms with E-state index in [4.69, 9.17) is 0 Å². The van der Waals surface area contributed by atoms with E-state index in [0.29, 0.717) is 22.4 Å². The molecule has 2 amide bonds. The Hall–Kier alpha value is -4.43. The second-order valence-electron chi connectivity index (χ2n) is 8.29. The van der Waals surface area contributed by atoms with Gasteiger partial charge in [-0.05, 0) is 41.0 Å². The Labute approximate surface area is 208 Å². The lowest BCUT2D eigenvalue weighted by Gasteiger charge is -2.25. The van der Waals surface area contributed by atoms with Crippen molar-refractivity contribution in [2.45, 2.75) is 10.9 Å². The summed E-state index contributed by atoms with van der Waals surface area (Å²) in [6.45, 7) is -0.233. The van der Waals surface area contributed by atoms with E-state index in [1.165, 1.54) is 17.0 Å². The van der Waals surface area contributed by atoms with E-state index in [9.17, 15) is 23.1 Å². The number of carbonyl (C=O) groups excluding carboxylic acids is 1. The lowest BCUT2D eigenvalue weighted by Crippen LogP contribution is -2.36. The third-order valence-corrected chi connectivity index (χ3v) is 7.94. The maximum Gasteiger partial charge on any atom is 0.339 e. The van der Waals surface area contributed by atoms with E-state index in [1.54, 1.807) is 66.7 Å². The summed E-state index contributed by atoms with van der Waals surface area (Å²) in [5.41, 5.74) is 2.06. The van der Waals surface area contributed by atoms with Crippen LogP contribution in [0.3, 0.4) is 0 Å². The Morgan fingerprint density at radius 3 is 1.97 bits per heavy atom. The molecule has 1 heterocycles. The summed E-state index contributed by atoms with van der Waals surface area (Å²) in [5.74, 6) is -1.16. The number of carboxylic acids is 1. The highest BCUT2D eigenvalue weighted by molar-refractivity contribution is 7.89. The van der Waals surface area contributed by atoms with Crippen LogP contribution in [0.5, 0.6) is 0 Å². The summed E-state index contributed by atoms with van der Waals surface area (Å²) < 4.78 is 27.8. The van der Waals surface area contributed by atoms with Crippen LogP contribution in [0, 0.1) is 0 Å². The molecule has 1 fully saturated rings. The predicted octanol–water partition coefficient (Wildman–Crippen LogP) is 5.42. The number of hydrogen-bond donors (Lipinski definition) is 1. The molecule has 8 heteroatoms. The molecule has 4 aromatic carbocycles. The van der Waals surface area contributed by atoms with Crippen molar-refractivity contribution in [3.05, 3.63) is 120 Å². The van der Waals surface area contributed by atoms with Crippen molar-refractivity contribution in [1.82, 2.24) is 4.31 Å². The molecule has 7 nitrogen and oxygen atoms in total. The number of anilines is 1. The van der Waals surface area contributed by atoms with E-state index >= 15 is 0 Å². The van der Waals surface area contributed by atoms with Gasteiger partial charge in [-0.2, -0.15) is 0 Å². The zero-order valence-electron chi connectivity index (χ0n) is 19.1. The van der Waals surface area contributed by atoms with Crippen LogP contribution in [0.25, 0.3) is 11.1 Å². The summed E-state index contributed by atoms with van der Waals surface area (Å²) in [6, 6.07) is 29.0. The van der Waals surface area contributed by atoms with Gasteiger partial charge in [0.15, 0.2) is 0 Å². The smallest absolute Gasteiger partial charge is 0.339 e. The molecule has 0 spiro atoms. The van der Waals surface area contributed by atoms with Crippen molar-refractivity contribution >= 4 is 27.7 Å². The molecule has 5 rings (SSSR count).